The Morgan fingerprint density at radius 3 is 2.76 bits per heavy atom. The summed E-state index contributed by atoms with van der Waals surface area (Å²) in [5.41, 5.74) is 3.01. The minimum Gasteiger partial charge on any atom is -0.489 e. The van der Waals surface area contributed by atoms with E-state index in [-0.39, 0.29) is 30.0 Å². The lowest BCUT2D eigenvalue weighted by molar-refractivity contribution is 0.0413. The van der Waals surface area contributed by atoms with Gasteiger partial charge in [0.15, 0.2) is 11.6 Å². The molecule has 1 aliphatic heterocycles. The average molecular weight is 491 g/mol. The third kappa shape index (κ3) is 4.64. The number of halogens is 3. The molecule has 1 atom stereocenters. The molecule has 0 bridgehead atoms. The molecule has 0 spiro atoms. The van der Waals surface area contributed by atoms with Crippen LogP contribution >= 0.6 is 12.4 Å². The minimum absolute atomic E-state index is 0. The van der Waals surface area contributed by atoms with Gasteiger partial charge in [-0.15, -0.1) is 12.4 Å². The number of carbonyl (C=O) groups excluding carboxylic acids is 1. The molecule has 1 aliphatic carbocycles. The summed E-state index contributed by atoms with van der Waals surface area (Å²) in [6, 6.07) is 8.09. The van der Waals surface area contributed by atoms with Gasteiger partial charge in [-0.05, 0) is 74.5 Å². The van der Waals surface area contributed by atoms with Crippen molar-refractivity contribution >= 4 is 29.3 Å². The number of aromatic nitrogens is 1. The molecule has 1 fully saturated rings. The number of hydrogen-bond acceptors (Lipinski definition) is 4. The zero-order valence-electron chi connectivity index (χ0n) is 19.1. The first-order valence-corrected chi connectivity index (χ1v) is 11.6. The number of ether oxygens (including phenoxy) is 2. The molecule has 0 amide bonds. The molecule has 1 N–H and O–H groups in total. The van der Waals surface area contributed by atoms with Gasteiger partial charge < -0.3 is 14.5 Å². The van der Waals surface area contributed by atoms with Gasteiger partial charge in [-0.1, -0.05) is 6.42 Å². The number of nitrogens with zero attached hydrogens (tertiary/aromatic N) is 1. The maximum Gasteiger partial charge on any atom is 0.338 e. The Hall–Kier alpha value is -2.64. The summed E-state index contributed by atoms with van der Waals surface area (Å²) >= 11 is 0. The second-order valence-electron chi connectivity index (χ2n) is 8.99. The number of hydrogen-bond donors (Lipinski definition) is 1. The molecule has 5 nitrogen and oxygen atoms in total. The van der Waals surface area contributed by atoms with Gasteiger partial charge in [0.2, 0.25) is 0 Å². The van der Waals surface area contributed by atoms with E-state index in [2.05, 4.69) is 9.88 Å². The first-order chi connectivity index (χ1) is 16.0. The SMILES string of the molecule is COC(=O)c1ccc(F)c2c1CC(N(CCCc1c[nH]c3ccc(F)cc13)C1CCC1)CO2.Cl. The van der Waals surface area contributed by atoms with Crippen molar-refractivity contribution in [3.05, 3.63) is 64.9 Å². The molecule has 34 heavy (non-hydrogen) atoms. The first-order valence-electron chi connectivity index (χ1n) is 11.6. The van der Waals surface area contributed by atoms with Crippen molar-refractivity contribution in [3.63, 3.8) is 0 Å². The number of esters is 1. The summed E-state index contributed by atoms with van der Waals surface area (Å²) < 4.78 is 38.9. The van der Waals surface area contributed by atoms with Crippen molar-refractivity contribution < 1.29 is 23.0 Å². The smallest absolute Gasteiger partial charge is 0.338 e. The number of benzene rings is 2. The number of aryl methyl sites for hydroxylation is 1. The van der Waals surface area contributed by atoms with E-state index >= 15 is 0 Å². The van der Waals surface area contributed by atoms with Crippen molar-refractivity contribution in [1.82, 2.24) is 9.88 Å². The van der Waals surface area contributed by atoms with Crippen LogP contribution in [0.4, 0.5) is 8.78 Å². The lowest BCUT2D eigenvalue weighted by Crippen LogP contribution is -2.51. The molecule has 2 aliphatic rings. The highest BCUT2D eigenvalue weighted by Crippen LogP contribution is 2.36. The van der Waals surface area contributed by atoms with Crippen LogP contribution in [0, 0.1) is 11.6 Å². The van der Waals surface area contributed by atoms with Crippen LogP contribution in [0.15, 0.2) is 36.5 Å². The molecule has 8 heteroatoms. The van der Waals surface area contributed by atoms with Crippen LogP contribution in [-0.2, 0) is 17.6 Å². The third-order valence-electron chi connectivity index (χ3n) is 7.08. The Bertz CT molecular complexity index is 1180. The number of carbonyl (C=O) groups is 1. The van der Waals surface area contributed by atoms with Gasteiger partial charge in [-0.3, -0.25) is 4.90 Å². The average Bonchev–Trinajstić information content (AvgIpc) is 3.18. The van der Waals surface area contributed by atoms with E-state index in [0.717, 1.165) is 48.7 Å². The van der Waals surface area contributed by atoms with Crippen LogP contribution in [0.3, 0.4) is 0 Å². The quantitative estimate of drug-likeness (QED) is 0.448. The van der Waals surface area contributed by atoms with E-state index in [4.69, 9.17) is 9.47 Å². The fraction of sp³-hybridized carbons (Fsp3) is 0.423. The summed E-state index contributed by atoms with van der Waals surface area (Å²) in [7, 11) is 1.33. The molecule has 1 saturated carbocycles. The van der Waals surface area contributed by atoms with Crippen molar-refractivity contribution in [2.45, 2.75) is 50.6 Å². The predicted octanol–water partition coefficient (Wildman–Crippen LogP) is 5.45. The van der Waals surface area contributed by atoms with Crippen LogP contribution in [0.5, 0.6) is 5.75 Å². The third-order valence-corrected chi connectivity index (χ3v) is 7.08. The molecular weight excluding hydrogens is 462 g/mol. The van der Waals surface area contributed by atoms with Crippen LogP contribution < -0.4 is 4.74 Å². The summed E-state index contributed by atoms with van der Waals surface area (Å²) in [4.78, 5) is 18.0. The van der Waals surface area contributed by atoms with E-state index in [1.54, 1.807) is 12.1 Å². The second kappa shape index (κ2) is 10.3. The monoisotopic (exact) mass is 490 g/mol. The fourth-order valence-corrected chi connectivity index (χ4v) is 5.14. The van der Waals surface area contributed by atoms with Gasteiger partial charge in [-0.25, -0.2) is 13.6 Å². The van der Waals surface area contributed by atoms with Gasteiger partial charge in [0.05, 0.1) is 12.7 Å². The standard InChI is InChI=1S/C26H28F2N2O3.ClH/c1-32-26(31)20-8-9-23(28)25-22(20)13-19(15-33-25)30(18-5-2-6-18)11-3-4-16-14-29-24-10-7-17(27)12-21(16)24;/h7-10,12,14,18-19,29H,2-6,11,13,15H2,1H3;1H. The number of fused-ring (bicyclic) bond motifs is 2. The van der Waals surface area contributed by atoms with Gasteiger partial charge >= 0.3 is 5.97 Å². The maximum atomic E-state index is 14.4. The summed E-state index contributed by atoms with van der Waals surface area (Å²) in [5, 5.41) is 0.929. The number of aromatic amines is 1. The van der Waals surface area contributed by atoms with Gasteiger partial charge in [0.1, 0.15) is 12.4 Å². The summed E-state index contributed by atoms with van der Waals surface area (Å²) in [5.74, 6) is -0.982. The van der Waals surface area contributed by atoms with E-state index < -0.39 is 11.8 Å². The highest BCUT2D eigenvalue weighted by atomic mass is 35.5. The summed E-state index contributed by atoms with van der Waals surface area (Å²) in [6.07, 6.45) is 7.73. The Balaban J connectivity index is 0.00000274. The van der Waals surface area contributed by atoms with Crippen LogP contribution in [0.25, 0.3) is 10.9 Å². The number of nitrogens with one attached hydrogen (secondary N) is 1. The topological polar surface area (TPSA) is 54.6 Å². The molecule has 1 unspecified atom stereocenters. The Morgan fingerprint density at radius 1 is 1.21 bits per heavy atom. The second-order valence-corrected chi connectivity index (χ2v) is 8.99. The van der Waals surface area contributed by atoms with E-state index in [1.807, 2.05) is 6.20 Å². The summed E-state index contributed by atoms with van der Waals surface area (Å²) in [6.45, 7) is 1.25. The van der Waals surface area contributed by atoms with E-state index in [9.17, 15) is 13.6 Å². The highest BCUT2D eigenvalue weighted by Gasteiger charge is 2.35. The Kier molecular flexibility index (Phi) is 7.43. The molecule has 1 aromatic heterocycles. The lowest BCUT2D eigenvalue weighted by Gasteiger charge is -2.44. The number of H-pyrrole nitrogens is 1. The van der Waals surface area contributed by atoms with Crippen molar-refractivity contribution in [2.75, 3.05) is 20.3 Å². The molecule has 3 aromatic rings. The van der Waals surface area contributed by atoms with Gasteiger partial charge in [-0.2, -0.15) is 0 Å². The Morgan fingerprint density at radius 2 is 2.03 bits per heavy atom. The largest absolute Gasteiger partial charge is 0.489 e. The minimum atomic E-state index is -0.475. The van der Waals surface area contributed by atoms with E-state index in [0.29, 0.717) is 30.2 Å². The van der Waals surface area contributed by atoms with Gasteiger partial charge in [0, 0.05) is 34.7 Å². The maximum absolute atomic E-state index is 14.4. The normalized spacial score (nSPS) is 17.6. The number of rotatable bonds is 7. The zero-order chi connectivity index (χ0) is 22.9. The van der Waals surface area contributed by atoms with Crippen LogP contribution in [0.2, 0.25) is 0 Å². The van der Waals surface area contributed by atoms with Crippen molar-refractivity contribution in [3.8, 4) is 5.75 Å². The first kappa shape index (κ1) is 24.5. The zero-order valence-corrected chi connectivity index (χ0v) is 19.9. The number of methoxy groups -OCH3 is 1. The molecule has 0 saturated heterocycles. The lowest BCUT2D eigenvalue weighted by atomic mass is 9.87. The van der Waals surface area contributed by atoms with Gasteiger partial charge in [0.25, 0.3) is 0 Å². The van der Waals surface area contributed by atoms with Crippen LogP contribution in [-0.4, -0.2) is 48.2 Å². The van der Waals surface area contributed by atoms with Crippen LogP contribution in [0.1, 0.15) is 47.2 Å². The van der Waals surface area contributed by atoms with Crippen molar-refractivity contribution in [1.29, 1.82) is 0 Å². The molecule has 2 aromatic carbocycles. The molecule has 0 radical (unpaired) electrons. The van der Waals surface area contributed by atoms with Crippen molar-refractivity contribution in [2.24, 2.45) is 0 Å². The van der Waals surface area contributed by atoms with E-state index in [1.165, 1.54) is 31.7 Å². The molecule has 182 valence electrons. The Labute approximate surface area is 203 Å². The highest BCUT2D eigenvalue weighted by molar-refractivity contribution is 5.92. The molecule has 2 heterocycles. The predicted molar refractivity (Wildman–Crippen MR) is 129 cm³/mol. The molecular formula is C26H29ClF2N2O3. The fourth-order valence-electron chi connectivity index (χ4n) is 5.14. The molecule has 5 rings (SSSR count).